The van der Waals surface area contributed by atoms with E-state index < -0.39 is 0 Å². The van der Waals surface area contributed by atoms with Gasteiger partial charge in [-0.25, -0.2) is 0 Å². The number of benzene rings is 5. The van der Waals surface area contributed by atoms with Crippen molar-refractivity contribution in [1.82, 2.24) is 4.57 Å². The van der Waals surface area contributed by atoms with E-state index in [0.717, 1.165) is 44.8 Å². The van der Waals surface area contributed by atoms with Gasteiger partial charge in [0.15, 0.2) is 0 Å². The van der Waals surface area contributed by atoms with Gasteiger partial charge in [-0.05, 0) is 78.6 Å². The molecule has 184 valence electrons. The first-order valence-corrected chi connectivity index (χ1v) is 13.0. The van der Waals surface area contributed by atoms with E-state index in [1.165, 1.54) is 21.9 Å². The molecule has 1 heterocycles. The summed E-state index contributed by atoms with van der Waals surface area (Å²) < 4.78 is 2.35. The van der Waals surface area contributed by atoms with Crippen LogP contribution in [0.15, 0.2) is 128 Å². The van der Waals surface area contributed by atoms with E-state index in [4.69, 9.17) is 0 Å². The highest BCUT2D eigenvalue weighted by atomic mass is 15.0. The molecule has 38 heavy (non-hydrogen) atoms. The van der Waals surface area contributed by atoms with E-state index in [1.807, 2.05) is 0 Å². The highest BCUT2D eigenvalue weighted by Crippen LogP contribution is 2.40. The van der Waals surface area contributed by atoms with Crippen LogP contribution in [0, 0.1) is 6.92 Å². The average Bonchev–Trinajstić information content (AvgIpc) is 3.26. The van der Waals surface area contributed by atoms with Gasteiger partial charge < -0.3 is 9.88 Å². The summed E-state index contributed by atoms with van der Waals surface area (Å²) in [4.78, 5) is 0. The maximum Gasteiger partial charge on any atom is 0.0562 e. The number of nitrogens with zero attached hydrogens (tertiary/aromatic N) is 1. The minimum atomic E-state index is 0.993. The fourth-order valence-corrected chi connectivity index (χ4v) is 5.34. The molecule has 0 aliphatic rings. The van der Waals surface area contributed by atoms with E-state index in [2.05, 4.69) is 158 Å². The zero-order valence-electron chi connectivity index (χ0n) is 21.8. The van der Waals surface area contributed by atoms with Crippen molar-refractivity contribution in [1.29, 1.82) is 0 Å². The van der Waals surface area contributed by atoms with Gasteiger partial charge in [0, 0.05) is 33.4 Å². The van der Waals surface area contributed by atoms with Crippen molar-refractivity contribution in [3.8, 4) is 5.69 Å². The highest BCUT2D eigenvalue weighted by Gasteiger charge is 2.18. The largest absolute Gasteiger partial charge is 0.355 e. The van der Waals surface area contributed by atoms with Crippen molar-refractivity contribution in [2.75, 3.05) is 5.32 Å². The predicted octanol–water partition coefficient (Wildman–Crippen LogP) is 9.93. The summed E-state index contributed by atoms with van der Waals surface area (Å²) in [6, 6.07) is 40.8. The molecule has 2 heteroatoms. The molecule has 5 aromatic carbocycles. The van der Waals surface area contributed by atoms with Gasteiger partial charge >= 0.3 is 0 Å². The third-order valence-electron chi connectivity index (χ3n) is 7.08. The zero-order valence-corrected chi connectivity index (χ0v) is 21.8. The number of aromatic nitrogens is 1. The van der Waals surface area contributed by atoms with Crippen LogP contribution in [0.25, 0.3) is 39.1 Å². The number of hydrogen-bond donors (Lipinski definition) is 1. The lowest BCUT2D eigenvalue weighted by Crippen LogP contribution is -2.00. The number of para-hydroxylation sites is 2. The number of anilines is 2. The van der Waals surface area contributed by atoms with Gasteiger partial charge in [-0.1, -0.05) is 91.5 Å². The van der Waals surface area contributed by atoms with Crippen molar-refractivity contribution in [3.63, 3.8) is 0 Å². The Kier molecular flexibility index (Phi) is 6.15. The summed E-state index contributed by atoms with van der Waals surface area (Å²) in [6.45, 7) is 8.80. The van der Waals surface area contributed by atoms with E-state index in [9.17, 15) is 0 Å². The van der Waals surface area contributed by atoms with Gasteiger partial charge in [-0.15, -0.1) is 0 Å². The summed E-state index contributed by atoms with van der Waals surface area (Å²) in [5, 5.41) is 6.17. The SMILES string of the molecule is C=C(c1ccccc1/C=C\C)c1cc2c3ccccc3n(-c3ccccc3)c2cc1Nc1cccc(C)c1. The molecule has 2 nitrogen and oxygen atoms in total. The van der Waals surface area contributed by atoms with Gasteiger partial charge in [-0.3, -0.25) is 0 Å². The van der Waals surface area contributed by atoms with Crippen LogP contribution < -0.4 is 5.32 Å². The quantitative estimate of drug-likeness (QED) is 0.246. The van der Waals surface area contributed by atoms with E-state index in [-0.39, 0.29) is 0 Å². The van der Waals surface area contributed by atoms with Crippen LogP contribution >= 0.6 is 0 Å². The fraction of sp³-hybridized carbons (Fsp3) is 0.0556. The van der Waals surface area contributed by atoms with Crippen molar-refractivity contribution in [2.45, 2.75) is 13.8 Å². The molecule has 0 amide bonds. The van der Waals surface area contributed by atoms with Gasteiger partial charge in [0.2, 0.25) is 0 Å². The molecule has 6 aromatic rings. The summed E-state index contributed by atoms with van der Waals surface area (Å²) >= 11 is 0. The van der Waals surface area contributed by atoms with E-state index >= 15 is 0 Å². The molecule has 0 radical (unpaired) electrons. The van der Waals surface area contributed by atoms with Crippen LogP contribution in [0.2, 0.25) is 0 Å². The monoisotopic (exact) mass is 490 g/mol. The normalized spacial score (nSPS) is 11.4. The topological polar surface area (TPSA) is 17.0 Å². The molecule has 0 spiro atoms. The molecule has 0 fully saturated rings. The third-order valence-corrected chi connectivity index (χ3v) is 7.08. The number of aryl methyl sites for hydroxylation is 1. The number of fused-ring (bicyclic) bond motifs is 3. The van der Waals surface area contributed by atoms with Crippen LogP contribution in [0.5, 0.6) is 0 Å². The number of hydrogen-bond acceptors (Lipinski definition) is 1. The molecule has 0 bridgehead atoms. The second-order valence-corrected chi connectivity index (χ2v) is 9.66. The molecule has 0 atom stereocenters. The Morgan fingerprint density at radius 1 is 0.711 bits per heavy atom. The molecule has 0 saturated heterocycles. The van der Waals surface area contributed by atoms with Gasteiger partial charge in [0.1, 0.15) is 0 Å². The Labute approximate surface area is 224 Å². The van der Waals surface area contributed by atoms with Crippen molar-refractivity contribution < 1.29 is 0 Å². The van der Waals surface area contributed by atoms with Crippen LogP contribution in [0.3, 0.4) is 0 Å². The molecule has 6 rings (SSSR count). The maximum absolute atomic E-state index is 4.63. The first kappa shape index (κ1) is 23.6. The molecular weight excluding hydrogens is 460 g/mol. The number of nitrogens with one attached hydrogen (secondary N) is 1. The summed E-state index contributed by atoms with van der Waals surface area (Å²) in [5.41, 5.74) is 11.2. The first-order chi connectivity index (χ1) is 18.6. The van der Waals surface area contributed by atoms with Crippen LogP contribution in [-0.2, 0) is 0 Å². The van der Waals surface area contributed by atoms with Crippen LogP contribution in [-0.4, -0.2) is 4.57 Å². The number of rotatable bonds is 6. The second kappa shape index (κ2) is 9.91. The minimum absolute atomic E-state index is 0.993. The van der Waals surface area contributed by atoms with E-state index in [0.29, 0.717) is 0 Å². The van der Waals surface area contributed by atoms with E-state index in [1.54, 1.807) is 0 Å². The lowest BCUT2D eigenvalue weighted by atomic mass is 9.92. The Balaban J connectivity index is 1.65. The first-order valence-electron chi connectivity index (χ1n) is 13.0. The predicted molar refractivity (Wildman–Crippen MR) is 165 cm³/mol. The number of allylic oxidation sites excluding steroid dienone is 1. The van der Waals surface area contributed by atoms with Crippen molar-refractivity contribution in [3.05, 3.63) is 150 Å². The van der Waals surface area contributed by atoms with Crippen LogP contribution in [0.1, 0.15) is 29.2 Å². The molecule has 0 aliphatic heterocycles. The lowest BCUT2D eigenvalue weighted by molar-refractivity contribution is 1.18. The summed E-state index contributed by atoms with van der Waals surface area (Å²) in [6.07, 6.45) is 4.22. The molecule has 0 unspecified atom stereocenters. The Morgan fingerprint density at radius 2 is 1.47 bits per heavy atom. The minimum Gasteiger partial charge on any atom is -0.355 e. The maximum atomic E-state index is 4.63. The molecule has 1 aromatic heterocycles. The molecule has 0 saturated carbocycles. The summed E-state index contributed by atoms with van der Waals surface area (Å²) in [7, 11) is 0. The molecule has 1 N–H and O–H groups in total. The third kappa shape index (κ3) is 4.21. The zero-order chi connectivity index (χ0) is 26.1. The highest BCUT2D eigenvalue weighted by molar-refractivity contribution is 6.12. The van der Waals surface area contributed by atoms with Crippen LogP contribution in [0.4, 0.5) is 11.4 Å². The molecular formula is C36H30N2. The molecule has 0 aliphatic carbocycles. The lowest BCUT2D eigenvalue weighted by Gasteiger charge is -2.18. The van der Waals surface area contributed by atoms with Crippen molar-refractivity contribution in [2.24, 2.45) is 0 Å². The van der Waals surface area contributed by atoms with Gasteiger partial charge in [0.05, 0.1) is 11.0 Å². The van der Waals surface area contributed by atoms with Gasteiger partial charge in [-0.2, -0.15) is 0 Å². The standard InChI is InChI=1S/C36H30N2/c1-4-13-27-15-8-9-19-30(27)26(3)32-23-33-31-20-10-11-21-35(31)38(29-17-6-5-7-18-29)36(33)24-34(32)37-28-16-12-14-25(2)22-28/h4-24,37H,3H2,1-2H3/b13-4-. The Hall–Kier alpha value is -4.82. The average molecular weight is 491 g/mol. The second-order valence-electron chi connectivity index (χ2n) is 9.66. The van der Waals surface area contributed by atoms with Crippen molar-refractivity contribution >= 4 is 44.8 Å². The Bertz CT molecular complexity index is 1820. The van der Waals surface area contributed by atoms with Gasteiger partial charge in [0.25, 0.3) is 0 Å². The Morgan fingerprint density at radius 3 is 2.29 bits per heavy atom. The summed E-state index contributed by atoms with van der Waals surface area (Å²) in [5.74, 6) is 0. The fourth-order valence-electron chi connectivity index (χ4n) is 5.34. The smallest absolute Gasteiger partial charge is 0.0562 e.